The molecule has 5 nitrogen and oxygen atoms in total. The van der Waals surface area contributed by atoms with Crippen molar-refractivity contribution in [2.24, 2.45) is 5.92 Å². The number of aliphatic hydroxyl groups is 1. The van der Waals surface area contributed by atoms with Gasteiger partial charge < -0.3 is 19.9 Å². The third-order valence-corrected chi connectivity index (χ3v) is 3.15. The van der Waals surface area contributed by atoms with Crippen molar-refractivity contribution in [3.63, 3.8) is 0 Å². The molecule has 0 heterocycles. The third-order valence-electron chi connectivity index (χ3n) is 3.15. The van der Waals surface area contributed by atoms with Gasteiger partial charge in [0.15, 0.2) is 0 Å². The number of carbonyl (C=O) groups excluding carboxylic acids is 1. The average Bonchev–Trinajstić information content (AvgIpc) is 2.45. The molecule has 0 saturated carbocycles. The van der Waals surface area contributed by atoms with E-state index in [9.17, 15) is 4.79 Å². The highest BCUT2D eigenvalue weighted by molar-refractivity contribution is 5.97. The molecule has 1 rings (SSSR count). The summed E-state index contributed by atoms with van der Waals surface area (Å²) in [7, 11) is 3.05. The summed E-state index contributed by atoms with van der Waals surface area (Å²) < 4.78 is 10.3. The second-order valence-corrected chi connectivity index (χ2v) is 4.49. The molecule has 2 atom stereocenters. The number of aliphatic hydroxyl groups excluding tert-OH is 1. The Hall–Kier alpha value is -1.75. The summed E-state index contributed by atoms with van der Waals surface area (Å²) in [6, 6.07) is 4.92. The highest BCUT2D eigenvalue weighted by Gasteiger charge is 2.18. The molecule has 2 unspecified atom stereocenters. The van der Waals surface area contributed by atoms with Crippen LogP contribution in [0.2, 0.25) is 0 Å². The van der Waals surface area contributed by atoms with Gasteiger partial charge in [0.2, 0.25) is 0 Å². The van der Waals surface area contributed by atoms with Crippen LogP contribution in [0.25, 0.3) is 0 Å². The van der Waals surface area contributed by atoms with Gasteiger partial charge in [-0.05, 0) is 31.0 Å². The number of carbonyl (C=O) groups is 1. The van der Waals surface area contributed by atoms with Crippen molar-refractivity contribution in [1.82, 2.24) is 5.32 Å². The predicted molar refractivity (Wildman–Crippen MR) is 72.7 cm³/mol. The van der Waals surface area contributed by atoms with Crippen LogP contribution in [0, 0.1) is 5.92 Å². The van der Waals surface area contributed by atoms with Gasteiger partial charge in [0.25, 0.3) is 5.91 Å². The number of rotatable bonds is 6. The Morgan fingerprint density at radius 1 is 1.32 bits per heavy atom. The molecule has 0 bridgehead atoms. The normalized spacial score (nSPS) is 13.5. The first-order valence-corrected chi connectivity index (χ1v) is 6.17. The predicted octanol–water partition coefficient (Wildman–Crippen LogP) is 1.45. The fourth-order valence-electron chi connectivity index (χ4n) is 1.58. The van der Waals surface area contributed by atoms with Gasteiger partial charge in [-0.2, -0.15) is 0 Å². The lowest BCUT2D eigenvalue weighted by atomic mass is 10.0. The molecule has 0 aliphatic carbocycles. The average molecular weight is 267 g/mol. The Labute approximate surface area is 113 Å². The molecule has 0 radical (unpaired) electrons. The quantitative estimate of drug-likeness (QED) is 0.818. The largest absolute Gasteiger partial charge is 0.497 e. The summed E-state index contributed by atoms with van der Waals surface area (Å²) in [6.45, 7) is 3.75. The molecule has 0 fully saturated rings. The zero-order chi connectivity index (χ0) is 14.4. The van der Waals surface area contributed by atoms with Crippen LogP contribution < -0.4 is 14.8 Å². The van der Waals surface area contributed by atoms with Gasteiger partial charge in [-0.3, -0.25) is 4.79 Å². The SMILES string of the molecule is COc1ccc(OC)c(C(=O)NC(C)C(C)CO)c1. The van der Waals surface area contributed by atoms with E-state index in [4.69, 9.17) is 14.6 Å². The van der Waals surface area contributed by atoms with Crippen LogP contribution in [0.15, 0.2) is 18.2 Å². The summed E-state index contributed by atoms with van der Waals surface area (Å²) in [4.78, 5) is 12.2. The summed E-state index contributed by atoms with van der Waals surface area (Å²) in [5.74, 6) is 0.820. The van der Waals surface area contributed by atoms with Gasteiger partial charge >= 0.3 is 0 Å². The first kappa shape index (κ1) is 15.3. The van der Waals surface area contributed by atoms with Crippen LogP contribution in [0.4, 0.5) is 0 Å². The minimum Gasteiger partial charge on any atom is -0.497 e. The lowest BCUT2D eigenvalue weighted by Gasteiger charge is -2.20. The molecule has 1 amide bonds. The maximum atomic E-state index is 12.2. The van der Waals surface area contributed by atoms with Crippen LogP contribution in [0.1, 0.15) is 24.2 Å². The molecule has 0 aliphatic rings. The molecular formula is C14H21NO4. The second-order valence-electron chi connectivity index (χ2n) is 4.49. The molecule has 19 heavy (non-hydrogen) atoms. The van der Waals surface area contributed by atoms with E-state index in [0.29, 0.717) is 17.1 Å². The van der Waals surface area contributed by atoms with Crippen molar-refractivity contribution < 1.29 is 19.4 Å². The monoisotopic (exact) mass is 267 g/mol. The fraction of sp³-hybridized carbons (Fsp3) is 0.500. The minimum atomic E-state index is -0.247. The van der Waals surface area contributed by atoms with Gasteiger partial charge in [0.1, 0.15) is 11.5 Å². The first-order chi connectivity index (χ1) is 9.03. The van der Waals surface area contributed by atoms with Crippen LogP contribution in [0.3, 0.4) is 0 Å². The molecule has 2 N–H and O–H groups in total. The first-order valence-electron chi connectivity index (χ1n) is 6.17. The topological polar surface area (TPSA) is 67.8 Å². The Morgan fingerprint density at radius 2 is 2.00 bits per heavy atom. The van der Waals surface area contributed by atoms with Gasteiger partial charge in [-0.25, -0.2) is 0 Å². The summed E-state index contributed by atoms with van der Waals surface area (Å²) in [5.41, 5.74) is 0.416. The van der Waals surface area contributed by atoms with E-state index in [1.54, 1.807) is 25.3 Å². The zero-order valence-corrected chi connectivity index (χ0v) is 11.8. The number of methoxy groups -OCH3 is 2. The van der Waals surface area contributed by atoms with E-state index in [2.05, 4.69) is 5.32 Å². The molecule has 0 spiro atoms. The van der Waals surface area contributed by atoms with E-state index in [1.807, 2.05) is 13.8 Å². The van der Waals surface area contributed by atoms with Gasteiger partial charge in [0, 0.05) is 12.6 Å². The molecule has 0 aromatic heterocycles. The fourth-order valence-corrected chi connectivity index (χ4v) is 1.58. The van der Waals surface area contributed by atoms with E-state index in [0.717, 1.165) is 0 Å². The van der Waals surface area contributed by atoms with Crippen molar-refractivity contribution >= 4 is 5.91 Å². The lowest BCUT2D eigenvalue weighted by molar-refractivity contribution is 0.0913. The van der Waals surface area contributed by atoms with Crippen molar-refractivity contribution in [2.45, 2.75) is 19.9 Å². The molecule has 0 aliphatic heterocycles. The zero-order valence-electron chi connectivity index (χ0n) is 11.8. The van der Waals surface area contributed by atoms with E-state index < -0.39 is 0 Å². The Balaban J connectivity index is 2.91. The van der Waals surface area contributed by atoms with Crippen LogP contribution in [-0.2, 0) is 0 Å². The number of hydrogen-bond acceptors (Lipinski definition) is 4. The summed E-state index contributed by atoms with van der Waals surface area (Å²) in [5, 5.41) is 11.9. The number of hydrogen-bond donors (Lipinski definition) is 2. The number of nitrogens with one attached hydrogen (secondary N) is 1. The highest BCUT2D eigenvalue weighted by atomic mass is 16.5. The number of benzene rings is 1. The Kier molecular flexibility index (Phi) is 5.63. The van der Waals surface area contributed by atoms with Gasteiger partial charge in [-0.15, -0.1) is 0 Å². The van der Waals surface area contributed by atoms with Crippen molar-refractivity contribution in [3.05, 3.63) is 23.8 Å². The highest BCUT2D eigenvalue weighted by Crippen LogP contribution is 2.24. The summed E-state index contributed by atoms with van der Waals surface area (Å²) in [6.07, 6.45) is 0. The molecule has 5 heteroatoms. The van der Waals surface area contributed by atoms with Crippen molar-refractivity contribution in [1.29, 1.82) is 0 Å². The third kappa shape index (κ3) is 3.86. The smallest absolute Gasteiger partial charge is 0.255 e. The van der Waals surface area contributed by atoms with Gasteiger partial charge in [-0.1, -0.05) is 6.92 Å². The van der Waals surface area contributed by atoms with Crippen molar-refractivity contribution in [3.8, 4) is 11.5 Å². The van der Waals surface area contributed by atoms with Crippen molar-refractivity contribution in [2.75, 3.05) is 20.8 Å². The van der Waals surface area contributed by atoms with Gasteiger partial charge in [0.05, 0.1) is 19.8 Å². The van der Waals surface area contributed by atoms with E-state index in [1.165, 1.54) is 7.11 Å². The minimum absolute atomic E-state index is 0.0134. The summed E-state index contributed by atoms with van der Waals surface area (Å²) >= 11 is 0. The molecule has 1 aromatic rings. The lowest BCUT2D eigenvalue weighted by Crippen LogP contribution is -2.38. The maximum Gasteiger partial charge on any atom is 0.255 e. The Bertz CT molecular complexity index is 433. The standard InChI is InChI=1S/C14H21NO4/c1-9(8-16)10(2)15-14(17)12-7-11(18-3)5-6-13(12)19-4/h5-7,9-10,16H,8H2,1-4H3,(H,15,17). The molecule has 1 aromatic carbocycles. The molecular weight excluding hydrogens is 246 g/mol. The number of amides is 1. The van der Waals surface area contributed by atoms with Crippen LogP contribution in [-0.4, -0.2) is 37.9 Å². The number of ether oxygens (including phenoxy) is 2. The van der Waals surface area contributed by atoms with Crippen LogP contribution in [0.5, 0.6) is 11.5 Å². The second kappa shape index (κ2) is 6.99. The van der Waals surface area contributed by atoms with E-state index in [-0.39, 0.29) is 24.5 Å². The maximum absolute atomic E-state index is 12.2. The molecule has 0 saturated heterocycles. The Morgan fingerprint density at radius 3 is 2.53 bits per heavy atom. The van der Waals surface area contributed by atoms with Crippen LogP contribution >= 0.6 is 0 Å². The molecule has 106 valence electrons. The van der Waals surface area contributed by atoms with E-state index >= 15 is 0 Å².